The Labute approximate surface area is 125 Å². The Morgan fingerprint density at radius 3 is 2.38 bits per heavy atom. The molecule has 0 spiro atoms. The average Bonchev–Trinajstić information content (AvgIpc) is 2.42. The lowest BCUT2D eigenvalue weighted by atomic mass is 10.1. The molecule has 0 radical (unpaired) electrons. The third kappa shape index (κ3) is 4.07. The second kappa shape index (κ2) is 6.41. The summed E-state index contributed by atoms with van der Waals surface area (Å²) in [6.07, 6.45) is 0. The fraction of sp³-hybridized carbons (Fsp3) is 0.235. The smallest absolute Gasteiger partial charge is 0.337 e. The summed E-state index contributed by atoms with van der Waals surface area (Å²) in [7, 11) is 4.05. The van der Waals surface area contributed by atoms with Crippen molar-refractivity contribution in [3.63, 3.8) is 0 Å². The predicted octanol–water partition coefficient (Wildman–Crippen LogP) is 3.50. The minimum absolute atomic E-state index is 0.285. The predicted molar refractivity (Wildman–Crippen MR) is 85.3 cm³/mol. The number of nitrogens with one attached hydrogen (secondary N) is 1. The van der Waals surface area contributed by atoms with Crippen molar-refractivity contribution in [2.45, 2.75) is 13.5 Å². The van der Waals surface area contributed by atoms with Crippen molar-refractivity contribution < 1.29 is 9.90 Å². The summed E-state index contributed by atoms with van der Waals surface area (Å²) in [5.74, 6) is -0.926. The number of carboxylic acid groups (broad SMARTS) is 1. The molecule has 0 aliphatic heterocycles. The first-order valence-corrected chi connectivity index (χ1v) is 6.80. The number of aryl methyl sites for hydroxylation is 1. The number of carboxylic acids is 1. The zero-order chi connectivity index (χ0) is 15.4. The molecule has 2 aromatic rings. The molecule has 0 saturated heterocycles. The normalized spacial score (nSPS) is 10.7. The minimum Gasteiger partial charge on any atom is -0.478 e. The zero-order valence-electron chi connectivity index (χ0n) is 12.6. The summed E-state index contributed by atoms with van der Waals surface area (Å²) in [5.41, 5.74) is 3.91. The van der Waals surface area contributed by atoms with Crippen LogP contribution in [-0.2, 0) is 6.54 Å². The molecule has 0 aromatic heterocycles. The van der Waals surface area contributed by atoms with Crippen LogP contribution < -0.4 is 5.32 Å². The van der Waals surface area contributed by atoms with Gasteiger partial charge in [0.05, 0.1) is 11.3 Å². The number of benzene rings is 2. The highest BCUT2D eigenvalue weighted by atomic mass is 16.4. The van der Waals surface area contributed by atoms with Gasteiger partial charge in [0.15, 0.2) is 0 Å². The molecule has 4 nitrogen and oxygen atoms in total. The van der Waals surface area contributed by atoms with E-state index in [4.69, 9.17) is 0 Å². The van der Waals surface area contributed by atoms with Crippen LogP contribution in [0.15, 0.2) is 42.5 Å². The van der Waals surface area contributed by atoms with Gasteiger partial charge < -0.3 is 15.3 Å². The zero-order valence-corrected chi connectivity index (χ0v) is 12.6. The van der Waals surface area contributed by atoms with E-state index in [1.54, 1.807) is 12.1 Å². The molecule has 2 N–H and O–H groups in total. The van der Waals surface area contributed by atoms with E-state index in [2.05, 4.69) is 10.2 Å². The number of aromatic carboxylic acids is 1. The molecule has 0 aliphatic carbocycles. The summed E-state index contributed by atoms with van der Waals surface area (Å²) < 4.78 is 0. The van der Waals surface area contributed by atoms with E-state index in [0.717, 1.165) is 17.8 Å². The van der Waals surface area contributed by atoms with Gasteiger partial charge >= 0.3 is 5.97 Å². The number of hydrogen-bond donors (Lipinski definition) is 2. The van der Waals surface area contributed by atoms with E-state index >= 15 is 0 Å². The molecule has 4 heteroatoms. The highest BCUT2D eigenvalue weighted by Crippen LogP contribution is 2.22. The van der Waals surface area contributed by atoms with Crippen LogP contribution in [0.2, 0.25) is 0 Å². The lowest BCUT2D eigenvalue weighted by Crippen LogP contribution is -2.10. The van der Waals surface area contributed by atoms with Crippen LogP contribution in [0, 0.1) is 6.92 Å². The molecule has 0 heterocycles. The molecule has 0 amide bonds. The second-order valence-electron chi connectivity index (χ2n) is 5.41. The molecule has 2 aromatic carbocycles. The van der Waals surface area contributed by atoms with E-state index in [-0.39, 0.29) is 5.56 Å². The summed E-state index contributed by atoms with van der Waals surface area (Å²) >= 11 is 0. The summed E-state index contributed by atoms with van der Waals surface area (Å²) in [6.45, 7) is 2.76. The van der Waals surface area contributed by atoms with E-state index < -0.39 is 5.97 Å². The van der Waals surface area contributed by atoms with Gasteiger partial charge in [0, 0.05) is 12.2 Å². The van der Waals surface area contributed by atoms with Crippen LogP contribution in [0.25, 0.3) is 0 Å². The maximum Gasteiger partial charge on any atom is 0.337 e. The molecule has 0 unspecified atom stereocenters. The van der Waals surface area contributed by atoms with Crippen molar-refractivity contribution >= 4 is 17.3 Å². The molecule has 2 rings (SSSR count). The Morgan fingerprint density at radius 1 is 1.14 bits per heavy atom. The highest BCUT2D eigenvalue weighted by Gasteiger charge is 2.10. The first-order valence-electron chi connectivity index (χ1n) is 6.80. The molecule has 0 bridgehead atoms. The van der Waals surface area contributed by atoms with Crippen LogP contribution in [0.5, 0.6) is 0 Å². The van der Waals surface area contributed by atoms with Gasteiger partial charge in [0.2, 0.25) is 0 Å². The van der Waals surface area contributed by atoms with Gasteiger partial charge in [0.1, 0.15) is 0 Å². The lowest BCUT2D eigenvalue weighted by molar-refractivity contribution is 0.0698. The maximum absolute atomic E-state index is 11.3. The molecule has 21 heavy (non-hydrogen) atoms. The molecular weight excluding hydrogens is 264 g/mol. The third-order valence-electron chi connectivity index (χ3n) is 3.14. The number of carbonyl (C=O) groups is 1. The molecular formula is C17H20N2O2. The van der Waals surface area contributed by atoms with Gasteiger partial charge in [-0.3, -0.25) is 0 Å². The van der Waals surface area contributed by atoms with E-state index in [1.807, 2.05) is 51.4 Å². The Bertz CT molecular complexity index is 634. The first kappa shape index (κ1) is 15.1. The van der Waals surface area contributed by atoms with Gasteiger partial charge in [-0.05, 0) is 50.8 Å². The maximum atomic E-state index is 11.3. The Morgan fingerprint density at radius 2 is 1.81 bits per heavy atom. The van der Waals surface area contributed by atoms with Crippen LogP contribution >= 0.6 is 0 Å². The Balaban J connectivity index is 2.20. The summed E-state index contributed by atoms with van der Waals surface area (Å²) in [4.78, 5) is 13.4. The summed E-state index contributed by atoms with van der Waals surface area (Å²) in [5, 5.41) is 12.4. The number of nitrogens with zero attached hydrogens (tertiary/aromatic N) is 1. The van der Waals surface area contributed by atoms with Crippen molar-refractivity contribution in [1.29, 1.82) is 0 Å². The lowest BCUT2D eigenvalue weighted by Gasteiger charge is -2.12. The van der Waals surface area contributed by atoms with Crippen molar-refractivity contribution in [2.24, 2.45) is 0 Å². The van der Waals surface area contributed by atoms with E-state index in [0.29, 0.717) is 5.69 Å². The van der Waals surface area contributed by atoms with Crippen molar-refractivity contribution in [2.75, 3.05) is 19.4 Å². The molecule has 110 valence electrons. The van der Waals surface area contributed by atoms with Crippen LogP contribution in [-0.4, -0.2) is 30.1 Å². The van der Waals surface area contributed by atoms with Gasteiger partial charge in [0.25, 0.3) is 0 Å². The summed E-state index contributed by atoms with van der Waals surface area (Å²) in [6, 6.07) is 13.4. The molecule has 0 atom stereocenters. The average molecular weight is 284 g/mol. The topological polar surface area (TPSA) is 52.6 Å². The van der Waals surface area contributed by atoms with Crippen LogP contribution in [0.4, 0.5) is 11.4 Å². The third-order valence-corrected chi connectivity index (χ3v) is 3.14. The van der Waals surface area contributed by atoms with Gasteiger partial charge in [-0.15, -0.1) is 0 Å². The van der Waals surface area contributed by atoms with Gasteiger partial charge in [-0.25, -0.2) is 4.79 Å². The largest absolute Gasteiger partial charge is 0.478 e. The Hall–Kier alpha value is -2.33. The van der Waals surface area contributed by atoms with E-state index in [9.17, 15) is 9.90 Å². The van der Waals surface area contributed by atoms with Crippen molar-refractivity contribution in [3.05, 3.63) is 59.2 Å². The second-order valence-corrected chi connectivity index (χ2v) is 5.41. The molecule has 0 fully saturated rings. The van der Waals surface area contributed by atoms with Crippen LogP contribution in [0.1, 0.15) is 21.5 Å². The van der Waals surface area contributed by atoms with E-state index in [1.165, 1.54) is 5.56 Å². The number of hydrogen-bond acceptors (Lipinski definition) is 3. The quantitative estimate of drug-likeness (QED) is 0.882. The van der Waals surface area contributed by atoms with Gasteiger partial charge in [-0.1, -0.05) is 23.8 Å². The fourth-order valence-corrected chi connectivity index (χ4v) is 2.16. The standard InChI is InChI=1S/C17H20N2O2/c1-12-4-9-16(15(10-12)17(20)21)18-14-7-5-13(6-8-14)11-19(2)3/h4-10,18H,11H2,1-3H3,(H,20,21). The molecule has 0 saturated carbocycles. The first-order chi connectivity index (χ1) is 9.95. The van der Waals surface area contributed by atoms with Crippen LogP contribution in [0.3, 0.4) is 0 Å². The van der Waals surface area contributed by atoms with Crippen molar-refractivity contribution in [3.8, 4) is 0 Å². The number of rotatable bonds is 5. The van der Waals surface area contributed by atoms with Crippen molar-refractivity contribution in [1.82, 2.24) is 4.90 Å². The van der Waals surface area contributed by atoms with Gasteiger partial charge in [-0.2, -0.15) is 0 Å². The Kier molecular flexibility index (Phi) is 4.60. The number of anilines is 2. The monoisotopic (exact) mass is 284 g/mol. The SMILES string of the molecule is Cc1ccc(Nc2ccc(CN(C)C)cc2)c(C(=O)O)c1. The highest BCUT2D eigenvalue weighted by molar-refractivity contribution is 5.95. The minimum atomic E-state index is -0.926. The fourth-order valence-electron chi connectivity index (χ4n) is 2.16. The molecule has 0 aliphatic rings.